The molecule has 8 heteroatoms. The highest BCUT2D eigenvalue weighted by Crippen LogP contribution is 2.19. The highest BCUT2D eigenvalue weighted by atomic mass is 32.2. The van der Waals surface area contributed by atoms with E-state index >= 15 is 0 Å². The second-order valence-corrected chi connectivity index (χ2v) is 6.07. The summed E-state index contributed by atoms with van der Waals surface area (Å²) in [6.07, 6.45) is 0.745. The Labute approximate surface area is 99.9 Å². The maximum atomic E-state index is 11.9. The van der Waals surface area contributed by atoms with Crippen LogP contribution in [0.1, 0.15) is 12.8 Å². The first kappa shape index (κ1) is 12.7. The van der Waals surface area contributed by atoms with Crippen molar-refractivity contribution >= 4 is 16.2 Å². The number of nitrogens with zero attached hydrogens (tertiary/aromatic N) is 1. The zero-order valence-electron chi connectivity index (χ0n) is 9.33. The van der Waals surface area contributed by atoms with Gasteiger partial charge in [0.1, 0.15) is 0 Å². The Morgan fingerprint density at radius 2 is 1.88 bits per heavy atom. The number of carbonyl (C=O) groups is 1. The lowest BCUT2D eigenvalue weighted by Gasteiger charge is -2.33. The molecule has 0 aromatic heterocycles. The van der Waals surface area contributed by atoms with Crippen molar-refractivity contribution in [2.45, 2.75) is 18.9 Å². The molecule has 0 bridgehead atoms. The van der Waals surface area contributed by atoms with Crippen molar-refractivity contribution in [2.75, 3.05) is 26.3 Å². The predicted molar refractivity (Wildman–Crippen MR) is 58.6 cm³/mol. The van der Waals surface area contributed by atoms with E-state index in [1.807, 2.05) is 0 Å². The molecule has 7 nitrogen and oxygen atoms in total. The lowest BCUT2D eigenvalue weighted by Crippen LogP contribution is -2.54. The first-order valence-electron chi connectivity index (χ1n) is 5.57. The van der Waals surface area contributed by atoms with Gasteiger partial charge < -0.3 is 9.84 Å². The summed E-state index contributed by atoms with van der Waals surface area (Å²) in [6, 6.07) is -0.141. The van der Waals surface area contributed by atoms with Gasteiger partial charge in [0.05, 0.1) is 25.2 Å². The smallest absolute Gasteiger partial charge is 0.306 e. The first-order valence-corrected chi connectivity index (χ1v) is 7.01. The topological polar surface area (TPSA) is 95.9 Å². The van der Waals surface area contributed by atoms with Crippen LogP contribution in [0.15, 0.2) is 0 Å². The van der Waals surface area contributed by atoms with E-state index in [2.05, 4.69) is 4.72 Å². The maximum Gasteiger partial charge on any atom is 0.306 e. The summed E-state index contributed by atoms with van der Waals surface area (Å²) in [5.41, 5.74) is 0. The molecule has 17 heavy (non-hydrogen) atoms. The Kier molecular flexibility index (Phi) is 3.67. The highest BCUT2D eigenvalue weighted by Gasteiger charge is 2.33. The van der Waals surface area contributed by atoms with Crippen LogP contribution in [0.5, 0.6) is 0 Å². The average molecular weight is 264 g/mol. The van der Waals surface area contributed by atoms with E-state index in [9.17, 15) is 13.2 Å². The van der Waals surface area contributed by atoms with E-state index in [0.717, 1.165) is 0 Å². The van der Waals surface area contributed by atoms with Crippen molar-refractivity contribution in [1.82, 2.24) is 9.03 Å². The molecule has 0 atom stereocenters. The lowest BCUT2D eigenvalue weighted by atomic mass is 9.99. The fourth-order valence-electron chi connectivity index (χ4n) is 1.93. The fourth-order valence-corrected chi connectivity index (χ4v) is 3.33. The maximum absolute atomic E-state index is 11.9. The van der Waals surface area contributed by atoms with E-state index in [0.29, 0.717) is 26.1 Å². The summed E-state index contributed by atoms with van der Waals surface area (Å²) in [5, 5.41) is 8.82. The van der Waals surface area contributed by atoms with Crippen LogP contribution >= 0.6 is 0 Å². The number of piperidine rings is 1. The molecule has 2 saturated heterocycles. The second-order valence-electron chi connectivity index (χ2n) is 4.37. The van der Waals surface area contributed by atoms with Gasteiger partial charge in [-0.15, -0.1) is 0 Å². The zero-order chi connectivity index (χ0) is 12.5. The number of carboxylic acid groups (broad SMARTS) is 1. The molecule has 0 unspecified atom stereocenters. The molecule has 98 valence electrons. The third-order valence-corrected chi connectivity index (χ3v) is 4.77. The van der Waals surface area contributed by atoms with Crippen LogP contribution in [0.3, 0.4) is 0 Å². The quantitative estimate of drug-likeness (QED) is 0.680. The van der Waals surface area contributed by atoms with E-state index in [-0.39, 0.29) is 19.1 Å². The Bertz CT molecular complexity index is 384. The standard InChI is InChI=1S/C9H16N2O5S/c12-9(13)7-1-3-11(4-2-7)17(14,15)10-8-5-16-6-8/h7-8,10H,1-6H2,(H,12,13). The number of hydrogen-bond acceptors (Lipinski definition) is 4. The summed E-state index contributed by atoms with van der Waals surface area (Å²) < 4.78 is 32.5. The molecule has 0 aromatic rings. The number of nitrogens with one attached hydrogen (secondary N) is 1. The molecule has 2 aliphatic heterocycles. The van der Waals surface area contributed by atoms with Gasteiger partial charge in [0.2, 0.25) is 0 Å². The molecular weight excluding hydrogens is 248 g/mol. The fraction of sp³-hybridized carbons (Fsp3) is 0.889. The molecule has 2 N–H and O–H groups in total. The number of aliphatic carboxylic acids is 1. The Balaban J connectivity index is 1.88. The molecule has 2 rings (SSSR count). The van der Waals surface area contributed by atoms with Crippen LogP contribution in [0.25, 0.3) is 0 Å². The average Bonchev–Trinajstić information content (AvgIpc) is 2.24. The number of hydrogen-bond donors (Lipinski definition) is 2. The van der Waals surface area contributed by atoms with Crippen LogP contribution in [0, 0.1) is 5.92 Å². The first-order chi connectivity index (χ1) is 7.99. The summed E-state index contributed by atoms with van der Waals surface area (Å²) in [6.45, 7) is 1.34. The van der Waals surface area contributed by atoms with Crippen molar-refractivity contribution in [3.63, 3.8) is 0 Å². The van der Waals surface area contributed by atoms with Crippen molar-refractivity contribution in [2.24, 2.45) is 5.92 Å². The van der Waals surface area contributed by atoms with Gasteiger partial charge in [0.25, 0.3) is 10.2 Å². The van der Waals surface area contributed by atoms with Gasteiger partial charge in [0, 0.05) is 13.1 Å². The van der Waals surface area contributed by atoms with Crippen molar-refractivity contribution in [3.8, 4) is 0 Å². The molecule has 0 radical (unpaired) electrons. The van der Waals surface area contributed by atoms with Crippen molar-refractivity contribution in [1.29, 1.82) is 0 Å². The Morgan fingerprint density at radius 1 is 1.29 bits per heavy atom. The second kappa shape index (κ2) is 4.89. The Morgan fingerprint density at radius 3 is 2.29 bits per heavy atom. The summed E-state index contributed by atoms with van der Waals surface area (Å²) in [5.74, 6) is -1.27. The lowest BCUT2D eigenvalue weighted by molar-refractivity contribution is -0.142. The number of ether oxygens (including phenoxy) is 1. The molecule has 0 amide bonds. The van der Waals surface area contributed by atoms with Gasteiger partial charge in [-0.25, -0.2) is 0 Å². The van der Waals surface area contributed by atoms with Crippen LogP contribution < -0.4 is 4.72 Å². The number of rotatable bonds is 4. The van der Waals surface area contributed by atoms with Gasteiger partial charge in [-0.05, 0) is 12.8 Å². The molecule has 2 aliphatic rings. The minimum absolute atomic E-state index is 0.141. The van der Waals surface area contributed by atoms with Gasteiger partial charge >= 0.3 is 5.97 Å². The minimum Gasteiger partial charge on any atom is -0.481 e. The van der Waals surface area contributed by atoms with Gasteiger partial charge in [0.15, 0.2) is 0 Å². The molecule has 0 saturated carbocycles. The summed E-state index contributed by atoms with van der Waals surface area (Å²) in [4.78, 5) is 10.7. The summed E-state index contributed by atoms with van der Waals surface area (Å²) >= 11 is 0. The summed E-state index contributed by atoms with van der Waals surface area (Å²) in [7, 11) is -3.48. The molecular formula is C9H16N2O5S. The molecule has 0 spiro atoms. The molecule has 2 fully saturated rings. The molecule has 2 heterocycles. The van der Waals surface area contributed by atoms with Gasteiger partial charge in [-0.2, -0.15) is 17.4 Å². The molecule has 0 aromatic carbocycles. The van der Waals surface area contributed by atoms with E-state index < -0.39 is 22.1 Å². The third-order valence-electron chi connectivity index (χ3n) is 3.10. The Hall–Kier alpha value is -0.700. The monoisotopic (exact) mass is 264 g/mol. The van der Waals surface area contributed by atoms with Crippen LogP contribution in [-0.4, -0.2) is 56.1 Å². The SMILES string of the molecule is O=C(O)C1CCN(S(=O)(=O)NC2COC2)CC1. The zero-order valence-corrected chi connectivity index (χ0v) is 10.1. The van der Waals surface area contributed by atoms with E-state index in [1.165, 1.54) is 4.31 Å². The van der Waals surface area contributed by atoms with E-state index in [4.69, 9.17) is 9.84 Å². The van der Waals surface area contributed by atoms with Gasteiger partial charge in [-0.1, -0.05) is 0 Å². The van der Waals surface area contributed by atoms with Crippen molar-refractivity contribution < 1.29 is 23.1 Å². The van der Waals surface area contributed by atoms with Gasteiger partial charge in [-0.3, -0.25) is 4.79 Å². The van der Waals surface area contributed by atoms with Crippen LogP contribution in [-0.2, 0) is 19.7 Å². The third kappa shape index (κ3) is 2.95. The normalized spacial score (nSPS) is 24.5. The largest absolute Gasteiger partial charge is 0.481 e. The number of carboxylic acids is 1. The van der Waals surface area contributed by atoms with E-state index in [1.54, 1.807) is 0 Å². The molecule has 0 aliphatic carbocycles. The minimum atomic E-state index is -3.48. The van der Waals surface area contributed by atoms with Crippen LogP contribution in [0.2, 0.25) is 0 Å². The predicted octanol–water partition coefficient (Wildman–Crippen LogP) is -0.984. The van der Waals surface area contributed by atoms with Crippen LogP contribution in [0.4, 0.5) is 0 Å². The highest BCUT2D eigenvalue weighted by molar-refractivity contribution is 7.87. The van der Waals surface area contributed by atoms with Crippen molar-refractivity contribution in [3.05, 3.63) is 0 Å².